The molecule has 0 saturated heterocycles. The minimum absolute atomic E-state index is 0.0839. The van der Waals surface area contributed by atoms with Gasteiger partial charge in [0.1, 0.15) is 0 Å². The fraction of sp³-hybridized carbons (Fsp3) is 0.400. The van der Waals surface area contributed by atoms with Crippen LogP contribution < -0.4 is 5.46 Å². The Kier molecular flexibility index (Phi) is 4.66. The summed E-state index contributed by atoms with van der Waals surface area (Å²) in [5.41, 5.74) is 1.89. The molecule has 0 aromatic heterocycles. The quantitative estimate of drug-likeness (QED) is 0.515. The molecule has 1 aromatic rings. The van der Waals surface area contributed by atoms with Crippen molar-refractivity contribution in [3.63, 3.8) is 0 Å². The maximum absolute atomic E-state index is 9.53. The number of aryl methyl sites for hydroxylation is 1. The van der Waals surface area contributed by atoms with Crippen LogP contribution in [-0.2, 0) is 4.65 Å². The lowest BCUT2D eigenvalue weighted by molar-refractivity contribution is 0.216. The fourth-order valence-electron chi connectivity index (χ4n) is 1.09. The molecule has 4 heteroatoms. The van der Waals surface area contributed by atoms with Crippen LogP contribution in [0.5, 0.6) is 0 Å². The van der Waals surface area contributed by atoms with Crippen LogP contribution in [0.1, 0.15) is 12.0 Å². The van der Waals surface area contributed by atoms with E-state index in [1.165, 1.54) is 0 Å². The summed E-state index contributed by atoms with van der Waals surface area (Å²) < 4.78 is 5.10. The largest absolute Gasteiger partial charge is 0.491 e. The van der Waals surface area contributed by atoms with E-state index in [0.29, 0.717) is 13.0 Å². The molecular weight excluding hydrogens is 179 g/mol. The van der Waals surface area contributed by atoms with E-state index >= 15 is 0 Å². The van der Waals surface area contributed by atoms with Crippen LogP contribution in [0, 0.1) is 6.92 Å². The fourth-order valence-corrected chi connectivity index (χ4v) is 1.09. The minimum atomic E-state index is -0.887. The molecule has 76 valence electrons. The van der Waals surface area contributed by atoms with E-state index in [4.69, 9.17) is 9.76 Å². The highest BCUT2D eigenvalue weighted by Crippen LogP contribution is 1.95. The molecule has 1 aromatic carbocycles. The Balaban J connectivity index is 2.43. The zero-order valence-electron chi connectivity index (χ0n) is 8.31. The molecule has 0 saturated carbocycles. The van der Waals surface area contributed by atoms with E-state index < -0.39 is 7.12 Å². The number of benzene rings is 1. The van der Waals surface area contributed by atoms with Gasteiger partial charge in [0, 0.05) is 13.2 Å². The SMILES string of the molecule is Cc1ccc(B(O)OCCCO)cc1. The van der Waals surface area contributed by atoms with Crippen LogP contribution in [0.3, 0.4) is 0 Å². The number of rotatable bonds is 5. The number of hydrogen-bond acceptors (Lipinski definition) is 3. The Morgan fingerprint density at radius 2 is 1.93 bits per heavy atom. The number of aliphatic hydroxyl groups excluding tert-OH is 1. The van der Waals surface area contributed by atoms with Gasteiger partial charge in [-0.1, -0.05) is 29.8 Å². The van der Waals surface area contributed by atoms with Crippen LogP contribution in [0.2, 0.25) is 0 Å². The summed E-state index contributed by atoms with van der Waals surface area (Å²) in [5, 5.41) is 18.1. The molecule has 14 heavy (non-hydrogen) atoms. The van der Waals surface area contributed by atoms with Gasteiger partial charge in [0.05, 0.1) is 0 Å². The second-order valence-electron chi connectivity index (χ2n) is 3.21. The van der Waals surface area contributed by atoms with Gasteiger partial charge in [0.25, 0.3) is 0 Å². The summed E-state index contributed by atoms with van der Waals surface area (Å²) >= 11 is 0. The summed E-state index contributed by atoms with van der Waals surface area (Å²) in [7, 11) is -0.887. The first-order valence-corrected chi connectivity index (χ1v) is 4.71. The lowest BCUT2D eigenvalue weighted by atomic mass is 9.79. The molecule has 0 aliphatic carbocycles. The zero-order valence-corrected chi connectivity index (χ0v) is 8.31. The van der Waals surface area contributed by atoms with Crippen molar-refractivity contribution in [2.75, 3.05) is 13.2 Å². The molecule has 0 aliphatic rings. The topological polar surface area (TPSA) is 49.7 Å². The van der Waals surface area contributed by atoms with Gasteiger partial charge in [-0.05, 0) is 18.8 Å². The number of aliphatic hydroxyl groups is 1. The lowest BCUT2D eigenvalue weighted by Crippen LogP contribution is -2.33. The zero-order chi connectivity index (χ0) is 10.4. The van der Waals surface area contributed by atoms with E-state index in [1.807, 2.05) is 31.2 Å². The summed E-state index contributed by atoms with van der Waals surface area (Å²) in [6.45, 7) is 2.44. The van der Waals surface area contributed by atoms with Gasteiger partial charge < -0.3 is 14.8 Å². The molecule has 3 nitrogen and oxygen atoms in total. The molecule has 0 aliphatic heterocycles. The van der Waals surface area contributed by atoms with E-state index in [9.17, 15) is 5.02 Å². The van der Waals surface area contributed by atoms with Gasteiger partial charge in [-0.25, -0.2) is 0 Å². The molecule has 0 fully saturated rings. The van der Waals surface area contributed by atoms with Gasteiger partial charge in [-0.2, -0.15) is 0 Å². The third-order valence-corrected chi connectivity index (χ3v) is 1.94. The molecule has 0 amide bonds. The molecule has 0 radical (unpaired) electrons. The summed E-state index contributed by atoms with van der Waals surface area (Å²) in [5.74, 6) is 0. The number of hydrogen-bond donors (Lipinski definition) is 2. The predicted molar refractivity (Wildman–Crippen MR) is 56.4 cm³/mol. The summed E-state index contributed by atoms with van der Waals surface area (Å²) in [4.78, 5) is 0. The predicted octanol–water partition coefficient (Wildman–Crippen LogP) is 0.0815. The van der Waals surface area contributed by atoms with Crippen molar-refractivity contribution in [1.29, 1.82) is 0 Å². The van der Waals surface area contributed by atoms with Gasteiger partial charge in [-0.3, -0.25) is 0 Å². The minimum Gasteiger partial charge on any atom is -0.423 e. The van der Waals surface area contributed by atoms with Crippen LogP contribution in [-0.4, -0.2) is 30.5 Å². The Bertz CT molecular complexity index is 261. The first-order valence-electron chi connectivity index (χ1n) is 4.71. The molecule has 2 N–H and O–H groups in total. The average Bonchev–Trinajstić information content (AvgIpc) is 2.19. The third-order valence-electron chi connectivity index (χ3n) is 1.94. The highest BCUT2D eigenvalue weighted by atomic mass is 16.5. The van der Waals surface area contributed by atoms with Crippen LogP contribution in [0.15, 0.2) is 24.3 Å². The molecule has 1 rings (SSSR count). The third kappa shape index (κ3) is 3.50. The second kappa shape index (κ2) is 5.80. The van der Waals surface area contributed by atoms with Crippen LogP contribution >= 0.6 is 0 Å². The lowest BCUT2D eigenvalue weighted by Gasteiger charge is -2.07. The molecule has 0 spiro atoms. The van der Waals surface area contributed by atoms with E-state index in [2.05, 4.69) is 0 Å². The summed E-state index contributed by atoms with van der Waals surface area (Å²) in [6.07, 6.45) is 0.545. The highest BCUT2D eigenvalue weighted by molar-refractivity contribution is 6.59. The van der Waals surface area contributed by atoms with Gasteiger partial charge in [0.2, 0.25) is 0 Å². The van der Waals surface area contributed by atoms with Crippen LogP contribution in [0.25, 0.3) is 0 Å². The summed E-state index contributed by atoms with van der Waals surface area (Å²) in [6, 6.07) is 7.51. The van der Waals surface area contributed by atoms with Gasteiger partial charge >= 0.3 is 7.12 Å². The van der Waals surface area contributed by atoms with Crippen molar-refractivity contribution in [1.82, 2.24) is 0 Å². The van der Waals surface area contributed by atoms with Gasteiger partial charge in [0.15, 0.2) is 0 Å². The highest BCUT2D eigenvalue weighted by Gasteiger charge is 2.14. The van der Waals surface area contributed by atoms with Crippen molar-refractivity contribution in [2.45, 2.75) is 13.3 Å². The maximum Gasteiger partial charge on any atom is 0.491 e. The van der Waals surface area contributed by atoms with Crippen LogP contribution in [0.4, 0.5) is 0 Å². The molecule has 0 bridgehead atoms. The second-order valence-corrected chi connectivity index (χ2v) is 3.21. The monoisotopic (exact) mass is 194 g/mol. The first kappa shape index (κ1) is 11.2. The molecule has 0 atom stereocenters. The maximum atomic E-state index is 9.53. The molecule has 0 unspecified atom stereocenters. The van der Waals surface area contributed by atoms with Crippen molar-refractivity contribution in [2.24, 2.45) is 0 Å². The van der Waals surface area contributed by atoms with Crippen molar-refractivity contribution in [3.05, 3.63) is 29.8 Å². The molecular formula is C10H15BO3. The van der Waals surface area contributed by atoms with E-state index in [0.717, 1.165) is 11.0 Å². The average molecular weight is 194 g/mol. The normalized spacial score (nSPS) is 10.2. The van der Waals surface area contributed by atoms with Crippen molar-refractivity contribution in [3.8, 4) is 0 Å². The molecule has 0 heterocycles. The first-order chi connectivity index (χ1) is 6.74. The van der Waals surface area contributed by atoms with Crippen molar-refractivity contribution < 1.29 is 14.8 Å². The Labute approximate surface area is 84.5 Å². The Morgan fingerprint density at radius 3 is 2.50 bits per heavy atom. The Morgan fingerprint density at radius 1 is 1.29 bits per heavy atom. The smallest absolute Gasteiger partial charge is 0.423 e. The van der Waals surface area contributed by atoms with Crippen molar-refractivity contribution >= 4 is 12.6 Å². The Hall–Kier alpha value is -0.835. The van der Waals surface area contributed by atoms with E-state index in [-0.39, 0.29) is 6.61 Å². The van der Waals surface area contributed by atoms with E-state index in [1.54, 1.807) is 0 Å². The standard InChI is InChI=1S/C10H15BO3/c1-9-3-5-10(6-4-9)11(13)14-8-2-7-12/h3-6,12-13H,2,7-8H2,1H3. The van der Waals surface area contributed by atoms with Gasteiger partial charge in [-0.15, -0.1) is 0 Å².